The fourth-order valence-corrected chi connectivity index (χ4v) is 2.34. The first kappa shape index (κ1) is 15.2. The Balaban J connectivity index is 2.49. The number of ether oxygens (including phenoxy) is 1. The molecule has 1 heterocycles. The number of nitriles is 1. The zero-order valence-electron chi connectivity index (χ0n) is 12.3. The van der Waals surface area contributed by atoms with Gasteiger partial charge in [0, 0.05) is 5.46 Å². The van der Waals surface area contributed by atoms with Crippen LogP contribution in [-0.2, 0) is 9.31 Å². The molecular formula is C14H17BClNO3. The second kappa shape index (κ2) is 4.96. The monoisotopic (exact) mass is 293 g/mol. The van der Waals surface area contributed by atoms with Crippen LogP contribution in [0.5, 0.6) is 5.75 Å². The molecule has 0 radical (unpaired) electrons. The molecule has 1 aliphatic rings. The van der Waals surface area contributed by atoms with Crippen molar-refractivity contribution in [3.05, 3.63) is 22.7 Å². The first-order valence-corrected chi connectivity index (χ1v) is 6.73. The SMILES string of the molecule is COc1c(Cl)cc(C#N)cc1B1OC(C)(C)C(C)(C)O1. The Morgan fingerprint density at radius 2 is 1.75 bits per heavy atom. The molecule has 1 aliphatic heterocycles. The number of halogens is 1. The maximum atomic E-state index is 9.07. The molecule has 0 aliphatic carbocycles. The minimum absolute atomic E-state index is 0.372. The van der Waals surface area contributed by atoms with Gasteiger partial charge >= 0.3 is 7.12 Å². The maximum absolute atomic E-state index is 9.07. The minimum Gasteiger partial charge on any atom is -0.496 e. The van der Waals surface area contributed by atoms with Crippen molar-refractivity contribution in [2.75, 3.05) is 7.11 Å². The quantitative estimate of drug-likeness (QED) is 0.786. The van der Waals surface area contributed by atoms with Crippen LogP contribution < -0.4 is 10.2 Å². The summed E-state index contributed by atoms with van der Waals surface area (Å²) < 4.78 is 17.3. The van der Waals surface area contributed by atoms with Gasteiger partial charge in [-0.3, -0.25) is 0 Å². The Kier molecular flexibility index (Phi) is 3.76. The summed E-state index contributed by atoms with van der Waals surface area (Å²) in [5.41, 5.74) is 0.158. The zero-order chi connectivity index (χ0) is 15.1. The van der Waals surface area contributed by atoms with Crippen LogP contribution in [-0.4, -0.2) is 25.4 Å². The van der Waals surface area contributed by atoms with Crippen molar-refractivity contribution in [2.24, 2.45) is 0 Å². The highest BCUT2D eigenvalue weighted by atomic mass is 35.5. The number of nitrogens with zero attached hydrogens (tertiary/aromatic N) is 1. The van der Waals surface area contributed by atoms with Crippen LogP contribution in [0, 0.1) is 11.3 Å². The number of benzene rings is 1. The summed E-state index contributed by atoms with van der Waals surface area (Å²) in [7, 11) is 0.919. The van der Waals surface area contributed by atoms with E-state index in [4.69, 9.17) is 30.9 Å². The van der Waals surface area contributed by atoms with Gasteiger partial charge in [-0.1, -0.05) is 11.6 Å². The van der Waals surface area contributed by atoms with Crippen LogP contribution >= 0.6 is 11.6 Å². The fourth-order valence-electron chi connectivity index (χ4n) is 2.04. The van der Waals surface area contributed by atoms with Crippen molar-refractivity contribution in [2.45, 2.75) is 38.9 Å². The molecule has 0 N–H and O–H groups in total. The van der Waals surface area contributed by atoms with Gasteiger partial charge in [-0.2, -0.15) is 5.26 Å². The van der Waals surface area contributed by atoms with Gasteiger partial charge in [0.05, 0.1) is 35.0 Å². The molecule has 0 bridgehead atoms. The van der Waals surface area contributed by atoms with E-state index in [-0.39, 0.29) is 0 Å². The second-order valence-electron chi connectivity index (χ2n) is 5.78. The summed E-state index contributed by atoms with van der Waals surface area (Å²) in [6.07, 6.45) is 0. The average molecular weight is 294 g/mol. The third kappa shape index (κ3) is 2.40. The largest absolute Gasteiger partial charge is 0.498 e. The molecule has 1 aromatic carbocycles. The molecule has 0 aromatic heterocycles. The van der Waals surface area contributed by atoms with Gasteiger partial charge < -0.3 is 14.0 Å². The summed E-state index contributed by atoms with van der Waals surface area (Å²) >= 11 is 6.15. The van der Waals surface area contributed by atoms with Gasteiger partial charge in [0.1, 0.15) is 5.75 Å². The lowest BCUT2D eigenvalue weighted by Crippen LogP contribution is -2.41. The van der Waals surface area contributed by atoms with E-state index >= 15 is 0 Å². The predicted octanol–water partition coefficient (Wildman–Crippen LogP) is 2.52. The zero-order valence-corrected chi connectivity index (χ0v) is 13.0. The van der Waals surface area contributed by atoms with Gasteiger partial charge in [0.2, 0.25) is 0 Å². The highest BCUT2D eigenvalue weighted by Gasteiger charge is 2.52. The number of rotatable bonds is 2. The second-order valence-corrected chi connectivity index (χ2v) is 6.19. The van der Waals surface area contributed by atoms with E-state index in [1.807, 2.05) is 27.7 Å². The molecule has 6 heteroatoms. The first-order valence-electron chi connectivity index (χ1n) is 6.35. The lowest BCUT2D eigenvalue weighted by Gasteiger charge is -2.32. The normalized spacial score (nSPS) is 19.8. The van der Waals surface area contributed by atoms with Gasteiger partial charge in [-0.05, 0) is 39.8 Å². The molecule has 0 unspecified atom stereocenters. The lowest BCUT2D eigenvalue weighted by atomic mass is 9.77. The summed E-state index contributed by atoms with van der Waals surface area (Å²) in [5, 5.41) is 9.44. The molecule has 1 aromatic rings. The first-order chi connectivity index (χ1) is 9.21. The van der Waals surface area contributed by atoms with Gasteiger partial charge in [-0.15, -0.1) is 0 Å². The van der Waals surface area contributed by atoms with Crippen molar-refractivity contribution < 1.29 is 14.0 Å². The molecular weight excluding hydrogens is 276 g/mol. The van der Waals surface area contributed by atoms with Crippen molar-refractivity contribution in [3.63, 3.8) is 0 Å². The Morgan fingerprint density at radius 1 is 1.20 bits per heavy atom. The number of hydrogen-bond acceptors (Lipinski definition) is 4. The summed E-state index contributed by atoms with van der Waals surface area (Å²) in [6.45, 7) is 7.87. The molecule has 0 atom stereocenters. The Hall–Kier alpha value is -1.22. The molecule has 1 fully saturated rings. The third-order valence-electron chi connectivity index (χ3n) is 3.91. The lowest BCUT2D eigenvalue weighted by molar-refractivity contribution is 0.00578. The van der Waals surface area contributed by atoms with Crippen LogP contribution in [0.25, 0.3) is 0 Å². The van der Waals surface area contributed by atoms with E-state index in [2.05, 4.69) is 6.07 Å². The van der Waals surface area contributed by atoms with Crippen molar-refractivity contribution in [3.8, 4) is 11.8 Å². The van der Waals surface area contributed by atoms with Gasteiger partial charge in [-0.25, -0.2) is 0 Å². The highest BCUT2D eigenvalue weighted by Crippen LogP contribution is 2.38. The molecule has 106 valence electrons. The van der Waals surface area contributed by atoms with E-state index in [0.717, 1.165) is 0 Å². The average Bonchev–Trinajstić information content (AvgIpc) is 2.57. The Bertz CT molecular complexity index is 565. The fraction of sp³-hybridized carbons (Fsp3) is 0.500. The number of hydrogen-bond donors (Lipinski definition) is 0. The number of methoxy groups -OCH3 is 1. The smallest absolute Gasteiger partial charge is 0.496 e. The molecule has 20 heavy (non-hydrogen) atoms. The van der Waals surface area contributed by atoms with Crippen LogP contribution in [0.3, 0.4) is 0 Å². The Morgan fingerprint density at radius 3 is 2.20 bits per heavy atom. The minimum atomic E-state index is -0.610. The molecule has 0 spiro atoms. The van der Waals surface area contributed by atoms with E-state index in [1.54, 1.807) is 12.1 Å². The summed E-state index contributed by atoms with van der Waals surface area (Å²) in [6, 6.07) is 5.33. The van der Waals surface area contributed by atoms with E-state index < -0.39 is 18.3 Å². The molecule has 4 nitrogen and oxygen atoms in total. The summed E-state index contributed by atoms with van der Waals surface area (Å²) in [5.74, 6) is 0.476. The molecule has 0 saturated carbocycles. The van der Waals surface area contributed by atoms with Crippen molar-refractivity contribution in [1.29, 1.82) is 5.26 Å². The maximum Gasteiger partial charge on any atom is 0.498 e. The topological polar surface area (TPSA) is 51.5 Å². The molecule has 0 amide bonds. The highest BCUT2D eigenvalue weighted by molar-refractivity contribution is 6.63. The van der Waals surface area contributed by atoms with Crippen LogP contribution in [0.15, 0.2) is 12.1 Å². The molecule has 1 saturated heterocycles. The Labute approximate surface area is 124 Å². The van der Waals surface area contributed by atoms with Crippen LogP contribution in [0.2, 0.25) is 5.02 Å². The van der Waals surface area contributed by atoms with E-state index in [1.165, 1.54) is 7.11 Å². The van der Waals surface area contributed by atoms with Crippen molar-refractivity contribution >= 4 is 24.2 Å². The van der Waals surface area contributed by atoms with E-state index in [9.17, 15) is 0 Å². The standard InChI is InChI=1S/C14H17BClNO3/c1-13(2)14(3,4)20-15(19-13)10-6-9(8-17)7-11(16)12(10)18-5/h6-7H,1-5H3. The van der Waals surface area contributed by atoms with Gasteiger partial charge in [0.15, 0.2) is 0 Å². The van der Waals surface area contributed by atoms with Crippen molar-refractivity contribution in [1.82, 2.24) is 0 Å². The van der Waals surface area contributed by atoms with Gasteiger partial charge in [0.25, 0.3) is 0 Å². The third-order valence-corrected chi connectivity index (χ3v) is 4.19. The van der Waals surface area contributed by atoms with Crippen LogP contribution in [0.1, 0.15) is 33.3 Å². The molecule has 2 rings (SSSR count). The summed E-state index contributed by atoms with van der Waals surface area (Å²) in [4.78, 5) is 0. The van der Waals surface area contributed by atoms with E-state index in [0.29, 0.717) is 21.8 Å². The predicted molar refractivity (Wildman–Crippen MR) is 78.4 cm³/mol. The van der Waals surface area contributed by atoms with Crippen LogP contribution in [0.4, 0.5) is 0 Å².